The van der Waals surface area contributed by atoms with E-state index in [1.54, 1.807) is 17.6 Å². The molecule has 2 aliphatic heterocycles. The second kappa shape index (κ2) is 13.2. The number of nitrogens with one attached hydrogen (secondary N) is 1. The summed E-state index contributed by atoms with van der Waals surface area (Å²) in [6, 6.07) is 7.85. The predicted octanol–water partition coefficient (Wildman–Crippen LogP) is 4.25. The molecule has 0 spiro atoms. The molecule has 11 heteroatoms. The van der Waals surface area contributed by atoms with Gasteiger partial charge in [-0.1, -0.05) is 25.0 Å². The molecule has 2 aromatic heterocycles. The molecule has 2 aliphatic rings. The molecule has 2 fully saturated rings. The van der Waals surface area contributed by atoms with Gasteiger partial charge in [-0.2, -0.15) is 0 Å². The van der Waals surface area contributed by atoms with Crippen LogP contribution in [0.3, 0.4) is 0 Å². The van der Waals surface area contributed by atoms with Gasteiger partial charge in [0.05, 0.1) is 12.0 Å². The van der Waals surface area contributed by atoms with Crippen LogP contribution in [0, 0.1) is 12.3 Å². The van der Waals surface area contributed by atoms with Crippen LogP contribution < -0.4 is 5.32 Å². The van der Waals surface area contributed by atoms with Crippen LogP contribution >= 0.6 is 0 Å². The maximum absolute atomic E-state index is 13.0. The molecule has 1 aromatic carbocycles. The summed E-state index contributed by atoms with van der Waals surface area (Å²) in [5.41, 5.74) is 3.77. The molecular formula is C33H44N6O5. The number of hydrogen-bond donors (Lipinski definition) is 1. The van der Waals surface area contributed by atoms with Gasteiger partial charge in [0.1, 0.15) is 35.8 Å². The molecular weight excluding hydrogens is 560 g/mol. The average Bonchev–Trinajstić information content (AvgIpc) is 3.64. The summed E-state index contributed by atoms with van der Waals surface area (Å²) in [7, 11) is 0. The van der Waals surface area contributed by atoms with Crippen molar-refractivity contribution in [3.8, 4) is 12.3 Å². The number of ether oxygens (including phenoxy) is 4. The van der Waals surface area contributed by atoms with Crippen LogP contribution in [-0.4, -0.2) is 86.4 Å². The first-order valence-electron chi connectivity index (χ1n) is 15.4. The number of aryl methyl sites for hydroxylation is 1. The van der Waals surface area contributed by atoms with Gasteiger partial charge >= 0.3 is 6.09 Å². The van der Waals surface area contributed by atoms with E-state index in [0.717, 1.165) is 40.8 Å². The fourth-order valence-corrected chi connectivity index (χ4v) is 5.68. The lowest BCUT2D eigenvalue weighted by Gasteiger charge is -2.28. The summed E-state index contributed by atoms with van der Waals surface area (Å²) in [5, 5.41) is 3.51. The summed E-state index contributed by atoms with van der Waals surface area (Å²) >= 11 is 0. The molecule has 0 radical (unpaired) electrons. The second-order valence-corrected chi connectivity index (χ2v) is 12.7. The topological polar surface area (TPSA) is 113 Å². The first-order valence-corrected chi connectivity index (χ1v) is 15.4. The molecule has 1 N–H and O–H groups in total. The highest BCUT2D eigenvalue weighted by molar-refractivity contribution is 5.73. The fraction of sp³-hybridized carbons (Fsp3) is 0.576. The van der Waals surface area contributed by atoms with E-state index in [1.165, 1.54) is 0 Å². The van der Waals surface area contributed by atoms with Crippen LogP contribution in [0.25, 0.3) is 11.2 Å². The van der Waals surface area contributed by atoms with E-state index in [1.807, 2.05) is 70.4 Å². The summed E-state index contributed by atoms with van der Waals surface area (Å²) in [6.07, 6.45) is 9.44. The van der Waals surface area contributed by atoms with E-state index >= 15 is 0 Å². The molecule has 2 saturated heterocycles. The predicted molar refractivity (Wildman–Crippen MR) is 166 cm³/mol. The van der Waals surface area contributed by atoms with Crippen LogP contribution in [0.4, 0.5) is 4.79 Å². The minimum absolute atomic E-state index is 0.246. The molecule has 236 valence electrons. The molecule has 4 atom stereocenters. The Morgan fingerprint density at radius 3 is 2.59 bits per heavy atom. The van der Waals surface area contributed by atoms with Crippen molar-refractivity contribution in [1.29, 1.82) is 0 Å². The number of imidazole rings is 1. The molecule has 0 saturated carbocycles. The Balaban J connectivity index is 1.18. The van der Waals surface area contributed by atoms with E-state index in [0.29, 0.717) is 32.6 Å². The molecule has 0 aliphatic carbocycles. The third kappa shape index (κ3) is 7.38. The Hall–Kier alpha value is -3.56. The van der Waals surface area contributed by atoms with Crippen molar-refractivity contribution in [2.24, 2.45) is 0 Å². The van der Waals surface area contributed by atoms with E-state index in [-0.39, 0.29) is 24.4 Å². The smallest absolute Gasteiger partial charge is 0.410 e. The zero-order valence-electron chi connectivity index (χ0n) is 26.6. The molecule has 0 bridgehead atoms. The molecule has 0 unspecified atom stereocenters. The number of nitrogens with zero attached hydrogens (tertiary/aromatic N) is 5. The van der Waals surface area contributed by atoms with Crippen molar-refractivity contribution in [2.75, 3.05) is 26.2 Å². The van der Waals surface area contributed by atoms with E-state index < -0.39 is 17.6 Å². The maximum atomic E-state index is 13.0. The Bertz CT molecular complexity index is 1470. The van der Waals surface area contributed by atoms with Crippen LogP contribution in [0.2, 0.25) is 0 Å². The molecule has 11 nitrogen and oxygen atoms in total. The number of fused-ring (bicyclic) bond motifs is 2. The van der Waals surface area contributed by atoms with Crippen molar-refractivity contribution in [1.82, 2.24) is 29.7 Å². The number of terminal acetylenes is 1. The highest BCUT2D eigenvalue weighted by atomic mass is 16.8. The molecule has 3 aromatic rings. The van der Waals surface area contributed by atoms with Gasteiger partial charge in [0.2, 0.25) is 0 Å². The standard InChI is InChI=1S/C33H44N6O5/c1-8-22-11-13-23(14-12-22)15-18-38(31(40)44-32(3,4)5)17-10-16-34-19-25-27-28(43-33(6,7)42-27)30(41-25)39-21-37-26-24(9-2)35-20-36-29(26)39/h1,11-14,20-21,25,27-28,30,34H,9-10,15-19H2,2-7H3/t25-,27-,28-,30-/m0/s1. The van der Waals surface area contributed by atoms with Gasteiger partial charge in [-0.3, -0.25) is 4.57 Å². The monoisotopic (exact) mass is 604 g/mol. The third-order valence-electron chi connectivity index (χ3n) is 7.74. The lowest BCUT2D eigenvalue weighted by atomic mass is 10.1. The third-order valence-corrected chi connectivity index (χ3v) is 7.74. The van der Waals surface area contributed by atoms with Crippen molar-refractivity contribution < 1.29 is 23.7 Å². The summed E-state index contributed by atoms with van der Waals surface area (Å²) in [4.78, 5) is 28.2. The normalized spacial score (nSPS) is 22.6. The SMILES string of the molecule is C#Cc1ccc(CCN(CCCNC[C@@H]2O[C@H](n3cnc4c(CC)ncnc43)[C@H]3OC(C)(C)O[C@H]32)C(=O)OC(C)(C)C)cc1. The van der Waals surface area contributed by atoms with Crippen molar-refractivity contribution in [3.63, 3.8) is 0 Å². The highest BCUT2D eigenvalue weighted by Crippen LogP contribution is 2.43. The minimum atomic E-state index is -0.732. The Morgan fingerprint density at radius 1 is 1.14 bits per heavy atom. The van der Waals surface area contributed by atoms with E-state index in [9.17, 15) is 4.79 Å². The number of amides is 1. The molecule has 44 heavy (non-hydrogen) atoms. The number of rotatable bonds is 11. The number of hydrogen-bond acceptors (Lipinski definition) is 9. The number of carbonyl (C=O) groups is 1. The number of aromatic nitrogens is 4. The average molecular weight is 605 g/mol. The lowest BCUT2D eigenvalue weighted by molar-refractivity contribution is -0.195. The fourth-order valence-electron chi connectivity index (χ4n) is 5.68. The van der Waals surface area contributed by atoms with Gasteiger partial charge in [-0.25, -0.2) is 19.7 Å². The zero-order valence-corrected chi connectivity index (χ0v) is 26.6. The van der Waals surface area contributed by atoms with Crippen molar-refractivity contribution in [2.45, 2.75) is 96.7 Å². The number of benzene rings is 1. The van der Waals surface area contributed by atoms with Crippen molar-refractivity contribution in [3.05, 3.63) is 53.7 Å². The van der Waals surface area contributed by atoms with Crippen LogP contribution in [0.15, 0.2) is 36.9 Å². The molecule has 5 rings (SSSR count). The Labute approximate surface area is 259 Å². The van der Waals surface area contributed by atoms with Gasteiger partial charge in [0, 0.05) is 25.2 Å². The summed E-state index contributed by atoms with van der Waals surface area (Å²) in [5.74, 6) is 1.90. The molecule has 4 heterocycles. The van der Waals surface area contributed by atoms with Gasteiger partial charge in [-0.05, 0) is 78.1 Å². The van der Waals surface area contributed by atoms with Gasteiger partial charge in [0.15, 0.2) is 17.7 Å². The Kier molecular flexibility index (Phi) is 9.56. The van der Waals surface area contributed by atoms with Gasteiger partial charge in [0.25, 0.3) is 0 Å². The Morgan fingerprint density at radius 2 is 1.89 bits per heavy atom. The first-order chi connectivity index (χ1) is 21.0. The second-order valence-electron chi connectivity index (χ2n) is 12.7. The zero-order chi connectivity index (χ0) is 31.5. The highest BCUT2D eigenvalue weighted by Gasteiger charge is 2.56. The largest absolute Gasteiger partial charge is 0.444 e. The van der Waals surface area contributed by atoms with Crippen LogP contribution in [-0.2, 0) is 31.8 Å². The molecule has 1 amide bonds. The van der Waals surface area contributed by atoms with Gasteiger partial charge < -0.3 is 29.2 Å². The van der Waals surface area contributed by atoms with Crippen LogP contribution in [0.5, 0.6) is 0 Å². The minimum Gasteiger partial charge on any atom is -0.444 e. The first kappa shape index (κ1) is 31.9. The van der Waals surface area contributed by atoms with Gasteiger partial charge in [-0.15, -0.1) is 6.42 Å². The van der Waals surface area contributed by atoms with Crippen molar-refractivity contribution >= 4 is 17.3 Å². The lowest BCUT2D eigenvalue weighted by Crippen LogP contribution is -2.40. The maximum Gasteiger partial charge on any atom is 0.410 e. The summed E-state index contributed by atoms with van der Waals surface area (Å²) < 4.78 is 26.8. The quantitative estimate of drug-likeness (QED) is 0.254. The number of carbonyl (C=O) groups excluding carboxylic acids is 1. The van der Waals surface area contributed by atoms with E-state index in [2.05, 4.69) is 26.2 Å². The van der Waals surface area contributed by atoms with E-state index in [4.69, 9.17) is 25.4 Å². The van der Waals surface area contributed by atoms with Crippen LogP contribution in [0.1, 0.15) is 71.0 Å². The summed E-state index contributed by atoms with van der Waals surface area (Å²) in [6.45, 7) is 13.9.